The Kier molecular flexibility index (Phi) is 6.04. The highest BCUT2D eigenvalue weighted by atomic mass is 16.2. The zero-order valence-electron chi connectivity index (χ0n) is 14.9. The van der Waals surface area contributed by atoms with E-state index in [0.717, 1.165) is 24.1 Å². The van der Waals surface area contributed by atoms with Gasteiger partial charge in [0, 0.05) is 24.3 Å². The summed E-state index contributed by atoms with van der Waals surface area (Å²) in [6.45, 7) is 2.47. The lowest BCUT2D eigenvalue weighted by molar-refractivity contribution is 0.237. The number of carbonyl (C=O) groups is 1. The summed E-state index contributed by atoms with van der Waals surface area (Å²) in [5.41, 5.74) is 3.24. The van der Waals surface area contributed by atoms with Crippen molar-refractivity contribution >= 4 is 6.03 Å². The van der Waals surface area contributed by atoms with Gasteiger partial charge in [-0.15, -0.1) is 0 Å². The summed E-state index contributed by atoms with van der Waals surface area (Å²) in [5.74, 6) is 0. The number of amides is 2. The molecule has 1 heterocycles. The highest BCUT2D eigenvalue weighted by molar-refractivity contribution is 5.74. The molecule has 1 unspecified atom stereocenters. The van der Waals surface area contributed by atoms with E-state index in [0.29, 0.717) is 6.54 Å². The Hall–Kier alpha value is -3.08. The van der Waals surface area contributed by atoms with E-state index in [1.165, 1.54) is 5.56 Å². The maximum Gasteiger partial charge on any atom is 0.315 e. The van der Waals surface area contributed by atoms with Crippen LogP contribution in [0, 0.1) is 0 Å². The fourth-order valence-corrected chi connectivity index (χ4v) is 2.73. The van der Waals surface area contributed by atoms with Crippen molar-refractivity contribution in [1.82, 2.24) is 20.4 Å². The van der Waals surface area contributed by atoms with Crippen LogP contribution in [0.25, 0.3) is 5.69 Å². The van der Waals surface area contributed by atoms with E-state index in [4.69, 9.17) is 0 Å². The van der Waals surface area contributed by atoms with E-state index in [1.54, 1.807) is 10.9 Å². The third-order valence-electron chi connectivity index (χ3n) is 4.20. The molecule has 3 rings (SSSR count). The molecular weight excluding hydrogens is 324 g/mol. The number of aromatic nitrogens is 2. The van der Waals surface area contributed by atoms with Crippen molar-refractivity contribution in [3.8, 4) is 5.69 Å². The summed E-state index contributed by atoms with van der Waals surface area (Å²) >= 11 is 0. The van der Waals surface area contributed by atoms with Crippen molar-refractivity contribution in [3.05, 3.63) is 84.2 Å². The number of para-hydroxylation sites is 1. The minimum Gasteiger partial charge on any atom is -0.336 e. The summed E-state index contributed by atoms with van der Waals surface area (Å²) in [7, 11) is 0. The Bertz CT molecular complexity index is 814. The standard InChI is InChI=1S/C21H24N4O/c1-17(12-13-18-8-4-2-5-9-18)24-21(26)22-14-19-15-23-25(16-19)20-10-6-3-7-11-20/h2-11,15-17H,12-14H2,1H3,(H2,22,24,26). The molecule has 0 bridgehead atoms. The summed E-state index contributed by atoms with van der Waals surface area (Å²) in [6, 6.07) is 20.2. The molecule has 0 aliphatic rings. The molecule has 0 aliphatic carbocycles. The number of nitrogens with zero attached hydrogens (tertiary/aromatic N) is 2. The number of carbonyl (C=O) groups excluding carboxylic acids is 1. The smallest absolute Gasteiger partial charge is 0.315 e. The predicted octanol–water partition coefficient (Wildman–Crippen LogP) is 3.69. The van der Waals surface area contributed by atoms with Crippen LogP contribution in [0.5, 0.6) is 0 Å². The average Bonchev–Trinajstić information content (AvgIpc) is 3.15. The van der Waals surface area contributed by atoms with Crippen LogP contribution in [-0.2, 0) is 13.0 Å². The van der Waals surface area contributed by atoms with Crippen LogP contribution in [0.2, 0.25) is 0 Å². The number of rotatable bonds is 7. The molecule has 3 aromatic rings. The zero-order chi connectivity index (χ0) is 18.2. The maximum absolute atomic E-state index is 12.1. The van der Waals surface area contributed by atoms with Crippen molar-refractivity contribution in [1.29, 1.82) is 0 Å². The molecule has 0 radical (unpaired) electrons. The lowest BCUT2D eigenvalue weighted by Crippen LogP contribution is -2.40. The molecule has 1 aromatic heterocycles. The molecule has 0 saturated carbocycles. The van der Waals surface area contributed by atoms with Gasteiger partial charge in [0.15, 0.2) is 0 Å². The largest absolute Gasteiger partial charge is 0.336 e. The zero-order valence-corrected chi connectivity index (χ0v) is 14.9. The first-order valence-corrected chi connectivity index (χ1v) is 8.88. The van der Waals surface area contributed by atoms with Gasteiger partial charge in [-0.3, -0.25) is 0 Å². The minimum absolute atomic E-state index is 0.113. The molecule has 0 aliphatic heterocycles. The molecule has 2 N–H and O–H groups in total. The summed E-state index contributed by atoms with van der Waals surface area (Å²) in [4.78, 5) is 12.1. The summed E-state index contributed by atoms with van der Waals surface area (Å²) < 4.78 is 1.80. The van der Waals surface area contributed by atoms with Gasteiger partial charge in [-0.05, 0) is 37.5 Å². The molecule has 0 fully saturated rings. The van der Waals surface area contributed by atoms with E-state index < -0.39 is 0 Å². The number of hydrogen-bond acceptors (Lipinski definition) is 2. The summed E-state index contributed by atoms with van der Waals surface area (Å²) in [5, 5.41) is 10.2. The van der Waals surface area contributed by atoms with Gasteiger partial charge in [-0.1, -0.05) is 48.5 Å². The average molecular weight is 348 g/mol. The molecular formula is C21H24N4O. The van der Waals surface area contributed by atoms with E-state index in [1.807, 2.05) is 61.7 Å². The number of hydrogen-bond donors (Lipinski definition) is 2. The Morgan fingerprint density at radius 2 is 1.73 bits per heavy atom. The first kappa shape index (κ1) is 17.7. The van der Waals surface area contributed by atoms with E-state index in [9.17, 15) is 4.79 Å². The molecule has 0 spiro atoms. The van der Waals surface area contributed by atoms with E-state index in [2.05, 4.69) is 27.9 Å². The second-order valence-electron chi connectivity index (χ2n) is 6.38. The lowest BCUT2D eigenvalue weighted by Gasteiger charge is -2.14. The van der Waals surface area contributed by atoms with Crippen LogP contribution in [0.15, 0.2) is 73.1 Å². The van der Waals surface area contributed by atoms with Crippen LogP contribution in [0.1, 0.15) is 24.5 Å². The van der Waals surface area contributed by atoms with Gasteiger partial charge >= 0.3 is 6.03 Å². The minimum atomic E-state index is -0.155. The molecule has 26 heavy (non-hydrogen) atoms. The van der Waals surface area contributed by atoms with Crippen molar-refractivity contribution in [2.75, 3.05) is 0 Å². The topological polar surface area (TPSA) is 59.0 Å². The maximum atomic E-state index is 12.1. The van der Waals surface area contributed by atoms with Crippen LogP contribution >= 0.6 is 0 Å². The molecule has 1 atom stereocenters. The number of urea groups is 1. The molecule has 134 valence electrons. The van der Waals surface area contributed by atoms with Gasteiger partial charge in [-0.25, -0.2) is 9.48 Å². The van der Waals surface area contributed by atoms with Crippen LogP contribution in [-0.4, -0.2) is 21.9 Å². The van der Waals surface area contributed by atoms with Crippen LogP contribution in [0.3, 0.4) is 0 Å². The highest BCUT2D eigenvalue weighted by Crippen LogP contribution is 2.08. The van der Waals surface area contributed by atoms with Crippen molar-refractivity contribution in [2.45, 2.75) is 32.4 Å². The fraction of sp³-hybridized carbons (Fsp3) is 0.238. The van der Waals surface area contributed by atoms with Gasteiger partial charge < -0.3 is 10.6 Å². The Balaban J connectivity index is 1.42. The van der Waals surface area contributed by atoms with Gasteiger partial charge in [-0.2, -0.15) is 5.10 Å². The number of benzene rings is 2. The van der Waals surface area contributed by atoms with Gasteiger partial charge in [0.25, 0.3) is 0 Å². The van der Waals surface area contributed by atoms with Crippen molar-refractivity contribution in [3.63, 3.8) is 0 Å². The normalized spacial score (nSPS) is 11.7. The van der Waals surface area contributed by atoms with Crippen molar-refractivity contribution in [2.24, 2.45) is 0 Å². The van der Waals surface area contributed by atoms with Gasteiger partial charge in [0.2, 0.25) is 0 Å². The third-order valence-corrected chi connectivity index (χ3v) is 4.20. The lowest BCUT2D eigenvalue weighted by atomic mass is 10.1. The predicted molar refractivity (Wildman–Crippen MR) is 103 cm³/mol. The SMILES string of the molecule is CC(CCc1ccccc1)NC(=O)NCc1cnn(-c2ccccc2)c1. The second kappa shape index (κ2) is 8.85. The fourth-order valence-electron chi connectivity index (χ4n) is 2.73. The Labute approximate surface area is 154 Å². The monoisotopic (exact) mass is 348 g/mol. The third kappa shape index (κ3) is 5.21. The quantitative estimate of drug-likeness (QED) is 0.684. The molecule has 0 saturated heterocycles. The number of aryl methyl sites for hydroxylation is 1. The summed E-state index contributed by atoms with van der Waals surface area (Å²) in [6.07, 6.45) is 5.55. The van der Waals surface area contributed by atoms with Crippen molar-refractivity contribution < 1.29 is 4.79 Å². The Morgan fingerprint density at radius 1 is 1.04 bits per heavy atom. The van der Waals surface area contributed by atoms with Crippen LogP contribution < -0.4 is 10.6 Å². The molecule has 2 amide bonds. The van der Waals surface area contributed by atoms with Gasteiger partial charge in [0.1, 0.15) is 0 Å². The number of nitrogens with one attached hydrogen (secondary N) is 2. The van der Waals surface area contributed by atoms with E-state index >= 15 is 0 Å². The van der Waals surface area contributed by atoms with E-state index in [-0.39, 0.29) is 12.1 Å². The first-order chi connectivity index (χ1) is 12.7. The Morgan fingerprint density at radius 3 is 2.46 bits per heavy atom. The molecule has 5 heteroatoms. The highest BCUT2D eigenvalue weighted by Gasteiger charge is 2.08. The second-order valence-corrected chi connectivity index (χ2v) is 6.38. The van der Waals surface area contributed by atoms with Crippen LogP contribution in [0.4, 0.5) is 4.79 Å². The first-order valence-electron chi connectivity index (χ1n) is 8.88. The van der Waals surface area contributed by atoms with Gasteiger partial charge in [0.05, 0.1) is 11.9 Å². The molecule has 5 nitrogen and oxygen atoms in total. The molecule has 2 aromatic carbocycles.